The van der Waals surface area contributed by atoms with Crippen LogP contribution in [-0.2, 0) is 27.5 Å². The van der Waals surface area contributed by atoms with Crippen molar-refractivity contribution < 1.29 is 35.9 Å². The van der Waals surface area contributed by atoms with Crippen LogP contribution in [0.2, 0.25) is 5.02 Å². The van der Waals surface area contributed by atoms with Crippen LogP contribution in [0, 0.1) is 0 Å². The third-order valence-electron chi connectivity index (χ3n) is 4.17. The van der Waals surface area contributed by atoms with Crippen molar-refractivity contribution in [3.8, 4) is 11.5 Å². The van der Waals surface area contributed by atoms with E-state index in [4.69, 9.17) is 21.1 Å². The van der Waals surface area contributed by atoms with E-state index in [0.717, 1.165) is 18.4 Å². The van der Waals surface area contributed by atoms with Crippen LogP contribution in [-0.4, -0.2) is 41.3 Å². The lowest BCUT2D eigenvalue weighted by molar-refractivity contribution is -0.137. The smallest absolute Gasteiger partial charge is 0.417 e. The molecule has 0 aliphatic rings. The van der Waals surface area contributed by atoms with Gasteiger partial charge in [0.2, 0.25) is 15.9 Å². The Kier molecular flexibility index (Phi) is 7.66. The number of nitrogens with one attached hydrogen (secondary N) is 1. The van der Waals surface area contributed by atoms with Gasteiger partial charge < -0.3 is 14.8 Å². The molecule has 2 aromatic carbocycles. The van der Waals surface area contributed by atoms with E-state index in [9.17, 15) is 26.4 Å². The molecule has 0 radical (unpaired) electrons. The lowest BCUT2D eigenvalue weighted by Gasteiger charge is -2.23. The molecule has 0 spiro atoms. The van der Waals surface area contributed by atoms with E-state index in [1.165, 1.54) is 14.2 Å². The number of nitrogens with zero attached hydrogens (tertiary/aromatic N) is 1. The molecule has 0 unspecified atom stereocenters. The Morgan fingerprint density at radius 2 is 1.74 bits per heavy atom. The molecule has 0 aliphatic heterocycles. The van der Waals surface area contributed by atoms with Crippen LogP contribution in [0.5, 0.6) is 11.5 Å². The van der Waals surface area contributed by atoms with E-state index in [-0.39, 0.29) is 12.2 Å². The van der Waals surface area contributed by atoms with Crippen molar-refractivity contribution >= 4 is 33.2 Å². The third kappa shape index (κ3) is 6.41. The van der Waals surface area contributed by atoms with Crippen molar-refractivity contribution in [3.63, 3.8) is 0 Å². The SMILES string of the molecule is COc1ccc(CNC(=O)CN(c2ccc(Cl)c(C(F)(F)F)c2)S(C)(=O)=O)cc1OC. The fourth-order valence-corrected chi connectivity index (χ4v) is 3.74. The lowest BCUT2D eigenvalue weighted by atomic mass is 10.2. The first-order valence-electron chi connectivity index (χ1n) is 8.69. The Morgan fingerprint density at radius 3 is 2.29 bits per heavy atom. The van der Waals surface area contributed by atoms with Crippen molar-refractivity contribution in [1.29, 1.82) is 0 Å². The number of sulfonamides is 1. The van der Waals surface area contributed by atoms with Crippen molar-refractivity contribution in [3.05, 3.63) is 52.5 Å². The lowest BCUT2D eigenvalue weighted by Crippen LogP contribution is -2.40. The fraction of sp³-hybridized carbons (Fsp3) is 0.316. The number of carbonyl (C=O) groups excluding carboxylic acids is 1. The van der Waals surface area contributed by atoms with Crippen molar-refractivity contribution in [1.82, 2.24) is 5.32 Å². The molecule has 2 rings (SSSR count). The summed E-state index contributed by atoms with van der Waals surface area (Å²) in [5.74, 6) is 0.209. The molecule has 0 heterocycles. The zero-order valence-electron chi connectivity index (χ0n) is 16.8. The molecule has 0 saturated carbocycles. The average molecular weight is 481 g/mol. The minimum atomic E-state index is -4.79. The van der Waals surface area contributed by atoms with Gasteiger partial charge in [-0.15, -0.1) is 0 Å². The van der Waals surface area contributed by atoms with Gasteiger partial charge in [-0.25, -0.2) is 8.42 Å². The largest absolute Gasteiger partial charge is 0.493 e. The Hall–Kier alpha value is -2.66. The molecule has 0 fully saturated rings. The first-order valence-corrected chi connectivity index (χ1v) is 10.9. The van der Waals surface area contributed by atoms with Crippen LogP contribution in [0.4, 0.5) is 18.9 Å². The highest BCUT2D eigenvalue weighted by Gasteiger charge is 2.34. The minimum Gasteiger partial charge on any atom is -0.493 e. The second kappa shape index (κ2) is 9.65. The van der Waals surface area contributed by atoms with E-state index < -0.39 is 39.2 Å². The maximum absolute atomic E-state index is 13.1. The van der Waals surface area contributed by atoms with E-state index in [1.54, 1.807) is 18.2 Å². The molecule has 1 N–H and O–H groups in total. The second-order valence-electron chi connectivity index (χ2n) is 6.40. The molecule has 1 amide bonds. The molecule has 7 nitrogen and oxygen atoms in total. The number of ether oxygens (including phenoxy) is 2. The van der Waals surface area contributed by atoms with Gasteiger partial charge >= 0.3 is 6.18 Å². The number of amides is 1. The summed E-state index contributed by atoms with van der Waals surface area (Å²) in [5, 5.41) is 1.95. The predicted molar refractivity (Wildman–Crippen MR) is 110 cm³/mol. The number of halogens is 4. The molecule has 0 bridgehead atoms. The van der Waals surface area contributed by atoms with Crippen molar-refractivity contribution in [2.45, 2.75) is 12.7 Å². The number of rotatable bonds is 8. The van der Waals surface area contributed by atoms with E-state index in [1.807, 2.05) is 0 Å². The number of alkyl halides is 3. The van der Waals surface area contributed by atoms with Gasteiger partial charge in [-0.05, 0) is 35.9 Å². The zero-order valence-corrected chi connectivity index (χ0v) is 18.4. The van der Waals surface area contributed by atoms with Gasteiger partial charge in [-0.2, -0.15) is 13.2 Å². The van der Waals surface area contributed by atoms with E-state index >= 15 is 0 Å². The monoisotopic (exact) mass is 480 g/mol. The van der Waals surface area contributed by atoms with Crippen molar-refractivity contribution in [2.75, 3.05) is 31.3 Å². The molecule has 0 saturated heterocycles. The Labute approximate surface area is 182 Å². The topological polar surface area (TPSA) is 84.9 Å². The molecule has 0 aromatic heterocycles. The van der Waals surface area contributed by atoms with Crippen LogP contribution in [0.25, 0.3) is 0 Å². The van der Waals surface area contributed by atoms with Crippen LogP contribution in [0.3, 0.4) is 0 Å². The third-order valence-corrected chi connectivity index (χ3v) is 5.64. The van der Waals surface area contributed by atoms with Crippen LogP contribution in [0.15, 0.2) is 36.4 Å². The zero-order chi connectivity index (χ0) is 23.4. The number of benzene rings is 2. The average Bonchev–Trinajstić information content (AvgIpc) is 2.69. The molecule has 12 heteroatoms. The van der Waals surface area contributed by atoms with Gasteiger partial charge in [0, 0.05) is 6.54 Å². The minimum absolute atomic E-state index is 0.0329. The van der Waals surface area contributed by atoms with E-state index in [0.29, 0.717) is 27.4 Å². The molecule has 0 aliphatic carbocycles. The summed E-state index contributed by atoms with van der Waals surface area (Å²) in [6.45, 7) is -0.684. The summed E-state index contributed by atoms with van der Waals surface area (Å²) in [6, 6.07) is 7.55. The first-order chi connectivity index (χ1) is 14.4. The standard InChI is InChI=1S/C19H20ClF3N2O5S/c1-29-16-7-4-12(8-17(16)30-2)10-24-18(26)11-25(31(3,27)28)13-5-6-15(20)14(9-13)19(21,22)23/h4-9H,10-11H2,1-3H3,(H,24,26). The highest BCUT2D eigenvalue weighted by molar-refractivity contribution is 7.92. The molecule has 31 heavy (non-hydrogen) atoms. The van der Waals surface area contributed by atoms with Gasteiger partial charge in [0.25, 0.3) is 0 Å². The quantitative estimate of drug-likeness (QED) is 0.625. The summed E-state index contributed by atoms with van der Waals surface area (Å²) in [6.07, 6.45) is -4.00. The number of methoxy groups -OCH3 is 2. The fourth-order valence-electron chi connectivity index (χ4n) is 2.66. The number of hydrogen-bond donors (Lipinski definition) is 1. The maximum Gasteiger partial charge on any atom is 0.417 e. The molecule has 2 aromatic rings. The molecule has 170 valence electrons. The van der Waals surface area contributed by atoms with Crippen LogP contribution >= 0.6 is 11.6 Å². The van der Waals surface area contributed by atoms with Gasteiger partial charge in [0.15, 0.2) is 11.5 Å². The Balaban J connectivity index is 2.20. The second-order valence-corrected chi connectivity index (χ2v) is 8.71. The molecular weight excluding hydrogens is 461 g/mol. The highest BCUT2D eigenvalue weighted by atomic mass is 35.5. The van der Waals surface area contributed by atoms with Crippen molar-refractivity contribution in [2.24, 2.45) is 0 Å². The number of carbonyl (C=O) groups is 1. The number of anilines is 1. The summed E-state index contributed by atoms with van der Waals surface area (Å²) in [7, 11) is -1.14. The maximum atomic E-state index is 13.1. The van der Waals surface area contributed by atoms with Crippen LogP contribution in [0.1, 0.15) is 11.1 Å². The summed E-state index contributed by atoms with van der Waals surface area (Å²) >= 11 is 5.58. The summed E-state index contributed by atoms with van der Waals surface area (Å²) in [4.78, 5) is 12.4. The van der Waals surface area contributed by atoms with Crippen LogP contribution < -0.4 is 19.1 Å². The first kappa shape index (κ1) is 24.6. The summed E-state index contributed by atoms with van der Waals surface area (Å²) < 4.78 is 74.5. The predicted octanol–water partition coefficient (Wildman–Crippen LogP) is 3.46. The van der Waals surface area contributed by atoms with Gasteiger partial charge in [-0.1, -0.05) is 17.7 Å². The Morgan fingerprint density at radius 1 is 1.10 bits per heavy atom. The Bertz CT molecular complexity index is 1060. The van der Waals surface area contributed by atoms with Gasteiger partial charge in [0.1, 0.15) is 6.54 Å². The molecular formula is C19H20ClF3N2O5S. The summed E-state index contributed by atoms with van der Waals surface area (Å²) in [5.41, 5.74) is -0.894. The molecule has 0 atom stereocenters. The van der Waals surface area contributed by atoms with E-state index in [2.05, 4.69) is 5.32 Å². The van der Waals surface area contributed by atoms with Gasteiger partial charge in [-0.3, -0.25) is 9.10 Å². The number of hydrogen-bond acceptors (Lipinski definition) is 5. The highest BCUT2D eigenvalue weighted by Crippen LogP contribution is 2.37. The van der Waals surface area contributed by atoms with Gasteiger partial charge in [0.05, 0.1) is 36.7 Å². The normalized spacial score (nSPS) is 11.7.